The summed E-state index contributed by atoms with van der Waals surface area (Å²) >= 11 is 0. The molecule has 2 aromatic rings. The van der Waals surface area contributed by atoms with Crippen molar-refractivity contribution in [2.45, 2.75) is 37.5 Å². The summed E-state index contributed by atoms with van der Waals surface area (Å²) in [5.41, 5.74) is 0.269. The molecule has 1 aromatic carbocycles. The summed E-state index contributed by atoms with van der Waals surface area (Å²) in [5.74, 6) is 0.899. The van der Waals surface area contributed by atoms with Gasteiger partial charge in [0.1, 0.15) is 5.82 Å². The molecule has 2 heterocycles. The number of piperidine rings is 1. The number of methoxy groups -OCH3 is 1. The van der Waals surface area contributed by atoms with Gasteiger partial charge in [-0.1, -0.05) is 17.3 Å². The van der Waals surface area contributed by atoms with Crippen molar-refractivity contribution < 1.29 is 18.4 Å². The van der Waals surface area contributed by atoms with Crippen LogP contribution in [0, 0.1) is 11.7 Å². The van der Waals surface area contributed by atoms with Crippen LogP contribution in [0.3, 0.4) is 0 Å². The molecule has 0 bridgehead atoms. The molecule has 0 radical (unpaired) electrons. The van der Waals surface area contributed by atoms with Crippen molar-refractivity contribution in [1.29, 1.82) is 0 Å². The van der Waals surface area contributed by atoms with Crippen LogP contribution >= 0.6 is 0 Å². The smallest absolute Gasteiger partial charge is 0.257 e. The first-order valence-electron chi connectivity index (χ1n) is 10.1. The van der Waals surface area contributed by atoms with E-state index in [-0.39, 0.29) is 17.6 Å². The maximum atomic E-state index is 13.2. The maximum Gasteiger partial charge on any atom is 0.257 e. The topological polar surface area (TPSA) is 68.5 Å². The first-order valence-corrected chi connectivity index (χ1v) is 10.1. The van der Waals surface area contributed by atoms with Crippen LogP contribution in [0.25, 0.3) is 11.5 Å². The lowest BCUT2D eigenvalue weighted by Gasteiger charge is -2.41. The molecule has 29 heavy (non-hydrogen) atoms. The average molecular weight is 399 g/mol. The van der Waals surface area contributed by atoms with Crippen molar-refractivity contribution >= 4 is 5.91 Å². The summed E-state index contributed by atoms with van der Waals surface area (Å²) < 4.78 is 24.1. The Kier molecular flexibility index (Phi) is 5.76. The third-order valence-corrected chi connectivity index (χ3v) is 6.02. The van der Waals surface area contributed by atoms with Gasteiger partial charge in [0.25, 0.3) is 5.89 Å². The van der Waals surface area contributed by atoms with E-state index in [2.05, 4.69) is 22.3 Å². The Morgan fingerprint density at radius 3 is 2.79 bits per heavy atom. The first kappa shape index (κ1) is 19.8. The number of carbonyl (C=O) groups is 1. The molecule has 0 N–H and O–H groups in total. The number of aromatic nitrogens is 2. The molecule has 154 valence electrons. The number of amides is 1. The minimum absolute atomic E-state index is 0.0493. The Balaban J connectivity index is 1.59. The second kappa shape index (κ2) is 8.45. The molecule has 1 fully saturated rings. The Labute approximate surface area is 169 Å². The van der Waals surface area contributed by atoms with Crippen LogP contribution in [0.1, 0.15) is 37.9 Å². The van der Waals surface area contributed by atoms with Crippen LogP contribution in [-0.2, 0) is 14.9 Å². The van der Waals surface area contributed by atoms with E-state index in [1.165, 1.54) is 12.1 Å². The third-order valence-electron chi connectivity index (χ3n) is 6.02. The van der Waals surface area contributed by atoms with E-state index in [9.17, 15) is 9.18 Å². The highest BCUT2D eigenvalue weighted by molar-refractivity contribution is 5.80. The molecule has 0 spiro atoms. The fourth-order valence-corrected chi connectivity index (χ4v) is 4.34. The van der Waals surface area contributed by atoms with Gasteiger partial charge in [0.05, 0.1) is 5.41 Å². The van der Waals surface area contributed by atoms with Crippen molar-refractivity contribution in [2.24, 2.45) is 5.92 Å². The van der Waals surface area contributed by atoms with Gasteiger partial charge in [-0.2, -0.15) is 4.98 Å². The SMILES string of the molecule is COCCC1(c2noc(-c3ccc(F)cc3)n2)CCCN(C(=O)C2CC=CC2)C1. The second-order valence-electron chi connectivity index (χ2n) is 7.96. The molecule has 0 saturated carbocycles. The highest BCUT2D eigenvalue weighted by Gasteiger charge is 2.43. The van der Waals surface area contributed by atoms with Crippen molar-refractivity contribution in [1.82, 2.24) is 15.0 Å². The molecule has 2 aliphatic rings. The molecule has 1 unspecified atom stereocenters. The van der Waals surface area contributed by atoms with Gasteiger partial charge < -0.3 is 14.2 Å². The van der Waals surface area contributed by atoms with Crippen molar-refractivity contribution in [3.05, 3.63) is 48.1 Å². The number of ether oxygens (including phenoxy) is 1. The summed E-state index contributed by atoms with van der Waals surface area (Å²) in [5, 5.41) is 4.27. The predicted octanol–water partition coefficient (Wildman–Crippen LogP) is 3.74. The first-order chi connectivity index (χ1) is 14.1. The standard InChI is InChI=1S/C22H26FN3O3/c1-28-14-12-22(11-4-13-26(15-22)20(27)17-5-2-3-6-17)21-24-19(29-25-21)16-7-9-18(23)10-8-16/h2-3,7-10,17H,4-6,11-15H2,1H3. The maximum absolute atomic E-state index is 13.2. The fraction of sp³-hybridized carbons (Fsp3) is 0.500. The molecular formula is C22H26FN3O3. The monoisotopic (exact) mass is 399 g/mol. The molecule has 1 aromatic heterocycles. The van der Waals surface area contributed by atoms with Crippen LogP contribution in [-0.4, -0.2) is 47.8 Å². The minimum Gasteiger partial charge on any atom is -0.385 e. The van der Waals surface area contributed by atoms with Crippen molar-refractivity contribution in [3.8, 4) is 11.5 Å². The summed E-state index contributed by atoms with van der Waals surface area (Å²) in [6.07, 6.45) is 8.26. The van der Waals surface area contributed by atoms with E-state index < -0.39 is 5.41 Å². The highest BCUT2D eigenvalue weighted by Crippen LogP contribution is 2.38. The fourth-order valence-electron chi connectivity index (χ4n) is 4.34. The van der Waals surface area contributed by atoms with Gasteiger partial charge in [0.15, 0.2) is 5.82 Å². The number of hydrogen-bond acceptors (Lipinski definition) is 5. The quantitative estimate of drug-likeness (QED) is 0.692. The highest BCUT2D eigenvalue weighted by atomic mass is 19.1. The normalized spacial score (nSPS) is 22.3. The molecular weight excluding hydrogens is 373 g/mol. The molecule has 1 saturated heterocycles. The van der Waals surface area contributed by atoms with Gasteiger partial charge in [0.2, 0.25) is 5.91 Å². The zero-order valence-electron chi connectivity index (χ0n) is 16.6. The number of rotatable bonds is 6. The number of benzene rings is 1. The van der Waals surface area contributed by atoms with E-state index in [4.69, 9.17) is 9.26 Å². The zero-order chi connectivity index (χ0) is 20.3. The van der Waals surface area contributed by atoms with Crippen LogP contribution in [0.5, 0.6) is 0 Å². The summed E-state index contributed by atoms with van der Waals surface area (Å²) in [6, 6.07) is 5.99. The largest absolute Gasteiger partial charge is 0.385 e. The number of hydrogen-bond donors (Lipinski definition) is 0. The number of carbonyl (C=O) groups excluding carboxylic acids is 1. The lowest BCUT2D eigenvalue weighted by atomic mass is 9.76. The number of halogens is 1. The van der Waals surface area contributed by atoms with Crippen molar-refractivity contribution in [2.75, 3.05) is 26.8 Å². The van der Waals surface area contributed by atoms with Crippen LogP contribution in [0.4, 0.5) is 4.39 Å². The van der Waals surface area contributed by atoms with E-state index >= 15 is 0 Å². The number of nitrogens with zero attached hydrogens (tertiary/aromatic N) is 3. The van der Waals surface area contributed by atoms with Gasteiger partial charge >= 0.3 is 0 Å². The Hall–Kier alpha value is -2.54. The molecule has 6 nitrogen and oxygen atoms in total. The second-order valence-corrected chi connectivity index (χ2v) is 7.96. The van der Waals surface area contributed by atoms with Gasteiger partial charge in [-0.25, -0.2) is 4.39 Å². The summed E-state index contributed by atoms with van der Waals surface area (Å²) in [4.78, 5) is 19.6. The van der Waals surface area contributed by atoms with E-state index in [1.54, 1.807) is 19.2 Å². The Morgan fingerprint density at radius 2 is 2.07 bits per heavy atom. The van der Waals surface area contributed by atoms with E-state index in [0.29, 0.717) is 36.9 Å². The van der Waals surface area contributed by atoms with Crippen LogP contribution in [0.2, 0.25) is 0 Å². The molecule has 1 amide bonds. The Morgan fingerprint density at radius 1 is 1.31 bits per heavy atom. The molecule has 7 heteroatoms. The zero-order valence-corrected chi connectivity index (χ0v) is 16.6. The van der Waals surface area contributed by atoms with E-state index in [1.807, 2.05) is 4.90 Å². The number of likely N-dealkylation sites (tertiary alicyclic amines) is 1. The van der Waals surface area contributed by atoms with Gasteiger partial charge in [0, 0.05) is 38.3 Å². The lowest BCUT2D eigenvalue weighted by molar-refractivity contribution is -0.137. The molecule has 1 aliphatic carbocycles. The van der Waals surface area contributed by atoms with Gasteiger partial charge in [-0.3, -0.25) is 4.79 Å². The lowest BCUT2D eigenvalue weighted by Crippen LogP contribution is -2.51. The molecule has 1 atom stereocenters. The van der Waals surface area contributed by atoms with Gasteiger partial charge in [-0.05, 0) is 56.4 Å². The van der Waals surface area contributed by atoms with Crippen LogP contribution in [0.15, 0.2) is 40.9 Å². The predicted molar refractivity (Wildman–Crippen MR) is 106 cm³/mol. The van der Waals surface area contributed by atoms with Crippen LogP contribution < -0.4 is 0 Å². The van der Waals surface area contributed by atoms with Gasteiger partial charge in [-0.15, -0.1) is 0 Å². The minimum atomic E-state index is -0.405. The molecule has 1 aliphatic heterocycles. The van der Waals surface area contributed by atoms with Crippen molar-refractivity contribution in [3.63, 3.8) is 0 Å². The third kappa shape index (κ3) is 4.10. The Bertz CT molecular complexity index is 872. The average Bonchev–Trinajstić information content (AvgIpc) is 3.45. The summed E-state index contributed by atoms with van der Waals surface area (Å²) in [7, 11) is 1.67. The summed E-state index contributed by atoms with van der Waals surface area (Å²) in [6.45, 7) is 1.87. The van der Waals surface area contributed by atoms with E-state index in [0.717, 1.165) is 32.2 Å². The number of allylic oxidation sites excluding steroid dienone is 2. The molecule has 4 rings (SSSR count).